The molecule has 5 nitrogen and oxygen atoms in total. The van der Waals surface area contributed by atoms with Gasteiger partial charge in [-0.25, -0.2) is 4.79 Å². The Hall–Kier alpha value is -2.18. The molecule has 0 radical (unpaired) electrons. The van der Waals surface area contributed by atoms with Gasteiger partial charge in [0.15, 0.2) is 6.61 Å². The lowest BCUT2D eigenvalue weighted by Gasteiger charge is -2.09. The van der Waals surface area contributed by atoms with Gasteiger partial charge in [0.1, 0.15) is 5.75 Å². The molecule has 2 aromatic carbocycles. The van der Waals surface area contributed by atoms with Gasteiger partial charge < -0.3 is 14.8 Å². The van der Waals surface area contributed by atoms with Crippen molar-refractivity contribution < 1.29 is 19.1 Å². The number of ether oxygens (including phenoxy) is 2. The molecule has 1 N–H and O–H groups in total. The van der Waals surface area contributed by atoms with Gasteiger partial charge in [0, 0.05) is 22.2 Å². The lowest BCUT2D eigenvalue weighted by Crippen LogP contribution is -2.30. The lowest BCUT2D eigenvalue weighted by atomic mass is 10.2. The van der Waals surface area contributed by atoms with E-state index in [2.05, 4.69) is 19.2 Å². The van der Waals surface area contributed by atoms with E-state index in [9.17, 15) is 9.59 Å². The van der Waals surface area contributed by atoms with Gasteiger partial charge in [-0.05, 0) is 54.4 Å². The van der Waals surface area contributed by atoms with Crippen LogP contribution in [0, 0.1) is 5.92 Å². The van der Waals surface area contributed by atoms with Crippen LogP contribution in [0.3, 0.4) is 0 Å². The maximum atomic E-state index is 12.0. The normalized spacial score (nSPS) is 10.6. The molecule has 150 valence electrons. The molecule has 0 aliphatic rings. The third-order valence-electron chi connectivity index (χ3n) is 3.51. The average molecular weight is 422 g/mol. The predicted octanol–water partition coefficient (Wildman–Crippen LogP) is 4.44. The maximum Gasteiger partial charge on any atom is 0.338 e. The molecule has 0 saturated heterocycles. The molecule has 28 heavy (non-hydrogen) atoms. The molecule has 0 atom stereocenters. The van der Waals surface area contributed by atoms with Gasteiger partial charge in [0.25, 0.3) is 5.91 Å². The number of esters is 1. The first-order valence-electron chi connectivity index (χ1n) is 8.99. The number of rotatable bonds is 10. The Morgan fingerprint density at radius 1 is 1.07 bits per heavy atom. The molecule has 0 unspecified atom stereocenters. The summed E-state index contributed by atoms with van der Waals surface area (Å²) in [6.07, 6.45) is 0. The average Bonchev–Trinajstić information content (AvgIpc) is 2.69. The summed E-state index contributed by atoms with van der Waals surface area (Å²) in [4.78, 5) is 24.9. The van der Waals surface area contributed by atoms with Crippen LogP contribution in [0.2, 0.25) is 5.02 Å². The first-order chi connectivity index (χ1) is 13.4. The highest BCUT2D eigenvalue weighted by Gasteiger charge is 2.10. The highest BCUT2D eigenvalue weighted by Crippen LogP contribution is 2.19. The molecule has 0 bridgehead atoms. The van der Waals surface area contributed by atoms with Crippen LogP contribution < -0.4 is 10.1 Å². The van der Waals surface area contributed by atoms with Crippen molar-refractivity contribution in [2.24, 2.45) is 5.92 Å². The van der Waals surface area contributed by atoms with Gasteiger partial charge >= 0.3 is 5.97 Å². The lowest BCUT2D eigenvalue weighted by molar-refractivity contribution is -0.124. The van der Waals surface area contributed by atoms with E-state index in [1.165, 1.54) is 0 Å². The Bertz CT molecular complexity index is 763. The number of halogens is 1. The van der Waals surface area contributed by atoms with Crippen LogP contribution in [-0.4, -0.2) is 37.4 Å². The van der Waals surface area contributed by atoms with Crippen LogP contribution in [0.5, 0.6) is 5.75 Å². The SMILES string of the molecule is CC(C)COc1ccc(C(=O)OCC(=O)NCCSc2ccc(Cl)cc2)cc1. The van der Waals surface area contributed by atoms with Gasteiger partial charge in [0.05, 0.1) is 12.2 Å². The fourth-order valence-electron chi connectivity index (χ4n) is 2.11. The number of thioether (sulfide) groups is 1. The molecule has 0 aliphatic heterocycles. The minimum absolute atomic E-state index is 0.309. The van der Waals surface area contributed by atoms with Gasteiger partial charge in [-0.1, -0.05) is 25.4 Å². The Balaban J connectivity index is 1.64. The minimum atomic E-state index is -0.541. The topological polar surface area (TPSA) is 64.6 Å². The zero-order valence-electron chi connectivity index (χ0n) is 15.9. The van der Waals surface area contributed by atoms with E-state index in [4.69, 9.17) is 21.1 Å². The number of hydrogen-bond acceptors (Lipinski definition) is 5. The summed E-state index contributed by atoms with van der Waals surface area (Å²) in [7, 11) is 0. The van der Waals surface area contributed by atoms with Crippen LogP contribution in [0.1, 0.15) is 24.2 Å². The molecular weight excluding hydrogens is 398 g/mol. The number of carbonyl (C=O) groups excluding carboxylic acids is 2. The summed E-state index contributed by atoms with van der Waals surface area (Å²) in [5.41, 5.74) is 0.378. The van der Waals surface area contributed by atoms with E-state index in [0.29, 0.717) is 41.2 Å². The van der Waals surface area contributed by atoms with Crippen LogP contribution in [0.15, 0.2) is 53.4 Å². The first kappa shape index (κ1) is 22.1. The number of carbonyl (C=O) groups is 2. The van der Waals surface area contributed by atoms with Crippen molar-refractivity contribution >= 4 is 35.2 Å². The molecule has 0 aliphatic carbocycles. The third-order valence-corrected chi connectivity index (χ3v) is 4.78. The van der Waals surface area contributed by atoms with Gasteiger partial charge in [-0.15, -0.1) is 11.8 Å². The summed E-state index contributed by atoms with van der Waals surface area (Å²) in [6, 6.07) is 14.2. The van der Waals surface area contributed by atoms with E-state index >= 15 is 0 Å². The van der Waals surface area contributed by atoms with Gasteiger partial charge in [-0.3, -0.25) is 4.79 Å². The minimum Gasteiger partial charge on any atom is -0.493 e. The van der Waals surface area contributed by atoms with Crippen molar-refractivity contribution in [3.8, 4) is 5.75 Å². The first-order valence-corrected chi connectivity index (χ1v) is 10.4. The fraction of sp³-hybridized carbons (Fsp3) is 0.333. The van der Waals surface area contributed by atoms with Crippen LogP contribution >= 0.6 is 23.4 Å². The van der Waals surface area contributed by atoms with Crippen molar-refractivity contribution in [1.82, 2.24) is 5.32 Å². The fourth-order valence-corrected chi connectivity index (χ4v) is 3.00. The molecule has 1 amide bonds. The van der Waals surface area contributed by atoms with E-state index in [-0.39, 0.29) is 12.5 Å². The molecule has 2 rings (SSSR count). The van der Waals surface area contributed by atoms with Crippen LogP contribution in [0.25, 0.3) is 0 Å². The predicted molar refractivity (Wildman–Crippen MR) is 112 cm³/mol. The summed E-state index contributed by atoms with van der Waals surface area (Å²) in [5, 5.41) is 3.42. The summed E-state index contributed by atoms with van der Waals surface area (Å²) >= 11 is 7.44. The molecule has 0 aromatic heterocycles. The maximum absolute atomic E-state index is 12.0. The van der Waals surface area contributed by atoms with E-state index in [1.54, 1.807) is 36.0 Å². The Labute approximate surface area is 174 Å². The highest BCUT2D eigenvalue weighted by molar-refractivity contribution is 7.99. The van der Waals surface area contributed by atoms with E-state index < -0.39 is 5.97 Å². The van der Waals surface area contributed by atoms with E-state index in [0.717, 1.165) is 4.90 Å². The van der Waals surface area contributed by atoms with Crippen molar-refractivity contribution in [2.45, 2.75) is 18.7 Å². The second-order valence-corrected chi connectivity index (χ2v) is 8.06. The summed E-state index contributed by atoms with van der Waals surface area (Å²) in [5.74, 6) is 0.955. The third kappa shape index (κ3) is 8.23. The summed E-state index contributed by atoms with van der Waals surface area (Å²) < 4.78 is 10.6. The molecule has 0 spiro atoms. The molecule has 2 aromatic rings. The molecule has 0 fully saturated rings. The summed E-state index contributed by atoms with van der Waals surface area (Å²) in [6.45, 7) is 4.90. The molecule has 0 heterocycles. The molecule has 0 saturated carbocycles. The number of nitrogens with one attached hydrogen (secondary N) is 1. The van der Waals surface area contributed by atoms with Crippen molar-refractivity contribution in [1.29, 1.82) is 0 Å². The number of hydrogen-bond donors (Lipinski definition) is 1. The quantitative estimate of drug-likeness (QED) is 0.349. The van der Waals surface area contributed by atoms with Gasteiger partial charge in [-0.2, -0.15) is 0 Å². The standard InChI is InChI=1S/C21H24ClNO4S/c1-15(2)13-26-18-7-3-16(4-8-18)21(25)27-14-20(24)23-11-12-28-19-9-5-17(22)6-10-19/h3-10,15H,11-14H2,1-2H3,(H,23,24). The second kappa shape index (κ2) is 11.6. The largest absolute Gasteiger partial charge is 0.493 e. The number of benzene rings is 2. The molecular formula is C21H24ClNO4S. The second-order valence-electron chi connectivity index (χ2n) is 6.46. The van der Waals surface area contributed by atoms with Crippen LogP contribution in [-0.2, 0) is 9.53 Å². The zero-order chi connectivity index (χ0) is 20.4. The highest BCUT2D eigenvalue weighted by atomic mass is 35.5. The Morgan fingerprint density at radius 2 is 1.75 bits per heavy atom. The number of amides is 1. The Morgan fingerprint density at radius 3 is 2.39 bits per heavy atom. The monoisotopic (exact) mass is 421 g/mol. The van der Waals surface area contributed by atoms with Crippen molar-refractivity contribution in [3.63, 3.8) is 0 Å². The Kier molecular flexibility index (Phi) is 9.17. The van der Waals surface area contributed by atoms with E-state index in [1.807, 2.05) is 24.3 Å². The smallest absolute Gasteiger partial charge is 0.338 e. The van der Waals surface area contributed by atoms with Crippen LogP contribution in [0.4, 0.5) is 0 Å². The zero-order valence-corrected chi connectivity index (χ0v) is 17.5. The van der Waals surface area contributed by atoms with Gasteiger partial charge in [0.2, 0.25) is 0 Å². The van der Waals surface area contributed by atoms with Crippen molar-refractivity contribution in [3.05, 3.63) is 59.1 Å². The van der Waals surface area contributed by atoms with Crippen molar-refractivity contribution in [2.75, 3.05) is 25.5 Å². The molecule has 7 heteroatoms.